The number of anilines is 1. The normalized spacial score (nSPS) is 11.0. The highest BCUT2D eigenvalue weighted by Gasteiger charge is 2.14. The number of nitrogens with one attached hydrogen (secondary N) is 1. The minimum atomic E-state index is -0.583. The van der Waals surface area contributed by atoms with Gasteiger partial charge in [-0.15, -0.1) is 0 Å². The zero-order valence-corrected chi connectivity index (χ0v) is 14.6. The fourth-order valence-electron chi connectivity index (χ4n) is 2.87. The molecule has 4 rings (SSSR count). The van der Waals surface area contributed by atoms with Gasteiger partial charge >= 0.3 is 5.76 Å². The first-order valence-corrected chi connectivity index (χ1v) is 8.58. The van der Waals surface area contributed by atoms with Crippen LogP contribution >= 0.6 is 0 Å². The highest BCUT2D eigenvalue weighted by molar-refractivity contribution is 5.90. The van der Waals surface area contributed by atoms with E-state index in [1.54, 1.807) is 30.3 Å². The average molecular weight is 363 g/mol. The molecule has 0 aliphatic rings. The third kappa shape index (κ3) is 3.39. The van der Waals surface area contributed by atoms with Crippen molar-refractivity contribution in [1.82, 2.24) is 9.72 Å². The number of para-hydroxylation sites is 2. The summed E-state index contributed by atoms with van der Waals surface area (Å²) in [6.45, 7) is 1.91. The molecule has 136 valence electrons. The van der Waals surface area contributed by atoms with E-state index in [0.29, 0.717) is 16.8 Å². The van der Waals surface area contributed by atoms with Crippen molar-refractivity contribution in [2.45, 2.75) is 19.9 Å². The Hall–Kier alpha value is -3.61. The van der Waals surface area contributed by atoms with E-state index in [9.17, 15) is 9.59 Å². The fraction of sp³-hybridized carbons (Fsp3) is 0.150. The number of benzene rings is 2. The molecule has 1 amide bonds. The van der Waals surface area contributed by atoms with Gasteiger partial charge in [0, 0.05) is 11.6 Å². The number of oxazole rings is 1. The molecule has 1 N–H and O–H groups in total. The van der Waals surface area contributed by atoms with Crippen molar-refractivity contribution < 1.29 is 13.7 Å². The van der Waals surface area contributed by atoms with Gasteiger partial charge in [0.15, 0.2) is 5.58 Å². The topological polar surface area (TPSA) is 90.3 Å². The van der Waals surface area contributed by atoms with Gasteiger partial charge in [-0.1, -0.05) is 48.5 Å². The number of carbonyl (C=O) groups is 1. The van der Waals surface area contributed by atoms with Crippen LogP contribution in [0.1, 0.15) is 12.5 Å². The standard InChI is InChI=1S/C20H17N3O4/c1-2-13-7-9-14(10-8-13)15-11-19(27-22-15)21-18(24)12-23-16-5-3-4-6-17(16)26-20(23)25/h3-11H,2,12H2,1H3,(H,21,24). The summed E-state index contributed by atoms with van der Waals surface area (Å²) in [6.07, 6.45) is 0.961. The van der Waals surface area contributed by atoms with Crippen LogP contribution in [0.2, 0.25) is 0 Å². The van der Waals surface area contributed by atoms with Crippen molar-refractivity contribution in [2.75, 3.05) is 5.32 Å². The van der Waals surface area contributed by atoms with Crippen LogP contribution in [0.5, 0.6) is 0 Å². The summed E-state index contributed by atoms with van der Waals surface area (Å²) in [5, 5.41) is 6.60. The lowest BCUT2D eigenvalue weighted by Crippen LogP contribution is -2.24. The maximum atomic E-state index is 12.3. The largest absolute Gasteiger partial charge is 0.420 e. The Bertz CT molecular complexity index is 1150. The first kappa shape index (κ1) is 16.8. The van der Waals surface area contributed by atoms with E-state index < -0.39 is 11.7 Å². The number of hydrogen-bond acceptors (Lipinski definition) is 5. The molecule has 0 unspecified atom stereocenters. The summed E-state index contributed by atoms with van der Waals surface area (Å²) in [5.41, 5.74) is 3.75. The quantitative estimate of drug-likeness (QED) is 0.586. The Morgan fingerprint density at radius 3 is 2.70 bits per heavy atom. The van der Waals surface area contributed by atoms with E-state index in [-0.39, 0.29) is 12.4 Å². The summed E-state index contributed by atoms with van der Waals surface area (Å²) < 4.78 is 11.6. The van der Waals surface area contributed by atoms with Crippen LogP contribution in [-0.2, 0) is 17.8 Å². The third-order valence-electron chi connectivity index (χ3n) is 4.31. The van der Waals surface area contributed by atoms with Crippen molar-refractivity contribution in [3.63, 3.8) is 0 Å². The van der Waals surface area contributed by atoms with Crippen molar-refractivity contribution >= 4 is 22.9 Å². The van der Waals surface area contributed by atoms with Gasteiger partial charge in [0.25, 0.3) is 0 Å². The molecule has 0 aliphatic heterocycles. The van der Waals surface area contributed by atoms with Crippen LogP contribution in [0, 0.1) is 0 Å². The molecule has 27 heavy (non-hydrogen) atoms. The second-order valence-electron chi connectivity index (χ2n) is 6.10. The van der Waals surface area contributed by atoms with Crippen LogP contribution in [0.15, 0.2) is 68.3 Å². The van der Waals surface area contributed by atoms with Crippen LogP contribution in [0.4, 0.5) is 5.88 Å². The Morgan fingerprint density at radius 1 is 1.15 bits per heavy atom. The molecule has 7 heteroatoms. The van der Waals surface area contributed by atoms with E-state index in [0.717, 1.165) is 12.0 Å². The van der Waals surface area contributed by atoms with Gasteiger partial charge in [0.05, 0.1) is 5.52 Å². The number of aryl methyl sites for hydroxylation is 1. The molecular formula is C20H17N3O4. The lowest BCUT2D eigenvalue weighted by Gasteiger charge is -2.02. The summed E-state index contributed by atoms with van der Waals surface area (Å²) in [6, 6.07) is 16.6. The van der Waals surface area contributed by atoms with Gasteiger partial charge in [0.2, 0.25) is 11.8 Å². The molecule has 4 aromatic rings. The second-order valence-corrected chi connectivity index (χ2v) is 6.10. The molecule has 0 saturated heterocycles. The second kappa shape index (κ2) is 6.95. The van der Waals surface area contributed by atoms with Gasteiger partial charge in [-0.25, -0.2) is 4.79 Å². The first-order valence-electron chi connectivity index (χ1n) is 8.58. The minimum Gasteiger partial charge on any atom is -0.408 e. The first-order chi connectivity index (χ1) is 13.1. The van der Waals surface area contributed by atoms with E-state index in [4.69, 9.17) is 8.94 Å². The molecule has 7 nitrogen and oxygen atoms in total. The predicted molar refractivity (Wildman–Crippen MR) is 100 cm³/mol. The fourth-order valence-corrected chi connectivity index (χ4v) is 2.87. The number of nitrogens with zero attached hydrogens (tertiary/aromatic N) is 2. The molecule has 0 radical (unpaired) electrons. The maximum absolute atomic E-state index is 12.3. The lowest BCUT2D eigenvalue weighted by atomic mass is 10.1. The highest BCUT2D eigenvalue weighted by Crippen LogP contribution is 2.22. The Morgan fingerprint density at radius 2 is 1.93 bits per heavy atom. The summed E-state index contributed by atoms with van der Waals surface area (Å²) >= 11 is 0. The highest BCUT2D eigenvalue weighted by atomic mass is 16.5. The van der Waals surface area contributed by atoms with Crippen molar-refractivity contribution in [3.05, 3.63) is 70.7 Å². The van der Waals surface area contributed by atoms with Gasteiger partial charge in [-0.05, 0) is 24.1 Å². The number of aromatic nitrogens is 2. The summed E-state index contributed by atoms with van der Waals surface area (Å²) in [4.78, 5) is 24.3. The molecule has 0 bridgehead atoms. The molecule has 2 aromatic carbocycles. The van der Waals surface area contributed by atoms with Gasteiger partial charge in [-0.3, -0.25) is 14.7 Å². The number of amides is 1. The SMILES string of the molecule is CCc1ccc(-c2cc(NC(=O)Cn3c(=O)oc4ccccc43)on2)cc1. The van der Waals surface area contributed by atoms with Crippen molar-refractivity contribution in [1.29, 1.82) is 0 Å². The number of fused-ring (bicyclic) bond motifs is 1. The Kier molecular flexibility index (Phi) is 4.33. The summed E-state index contributed by atoms with van der Waals surface area (Å²) in [5.74, 6) is -0.774. The smallest absolute Gasteiger partial charge is 0.408 e. The summed E-state index contributed by atoms with van der Waals surface area (Å²) in [7, 11) is 0. The minimum absolute atomic E-state index is 0.183. The van der Waals surface area contributed by atoms with Gasteiger partial charge in [-0.2, -0.15) is 0 Å². The molecular weight excluding hydrogens is 346 g/mol. The van der Waals surface area contributed by atoms with E-state index in [1.807, 2.05) is 24.3 Å². The van der Waals surface area contributed by atoms with Crippen LogP contribution < -0.4 is 11.1 Å². The maximum Gasteiger partial charge on any atom is 0.420 e. The molecule has 0 spiro atoms. The third-order valence-corrected chi connectivity index (χ3v) is 4.31. The number of hydrogen-bond donors (Lipinski definition) is 1. The average Bonchev–Trinajstić information content (AvgIpc) is 3.27. The van der Waals surface area contributed by atoms with Crippen LogP contribution in [0.25, 0.3) is 22.4 Å². The number of rotatable bonds is 5. The monoisotopic (exact) mass is 363 g/mol. The zero-order valence-electron chi connectivity index (χ0n) is 14.6. The van der Waals surface area contributed by atoms with Gasteiger partial charge < -0.3 is 8.94 Å². The molecule has 0 atom stereocenters. The Labute approximate surface area is 154 Å². The van der Waals surface area contributed by atoms with Gasteiger partial charge in [0.1, 0.15) is 12.2 Å². The van der Waals surface area contributed by atoms with Crippen molar-refractivity contribution in [2.24, 2.45) is 0 Å². The van der Waals surface area contributed by atoms with E-state index >= 15 is 0 Å². The molecule has 0 aliphatic carbocycles. The zero-order chi connectivity index (χ0) is 18.8. The van der Waals surface area contributed by atoms with Crippen LogP contribution in [0.3, 0.4) is 0 Å². The number of carbonyl (C=O) groups excluding carboxylic acids is 1. The molecule has 2 aromatic heterocycles. The van der Waals surface area contributed by atoms with E-state index in [2.05, 4.69) is 17.4 Å². The van der Waals surface area contributed by atoms with Crippen molar-refractivity contribution in [3.8, 4) is 11.3 Å². The molecule has 2 heterocycles. The van der Waals surface area contributed by atoms with E-state index in [1.165, 1.54) is 10.1 Å². The van der Waals surface area contributed by atoms with Crippen LogP contribution in [-0.4, -0.2) is 15.6 Å². The Balaban J connectivity index is 1.49. The predicted octanol–water partition coefficient (Wildman–Crippen LogP) is 3.45. The molecule has 0 fully saturated rings. The molecule has 0 saturated carbocycles. The lowest BCUT2D eigenvalue weighted by molar-refractivity contribution is -0.116.